The van der Waals surface area contributed by atoms with Gasteiger partial charge in [-0.05, 0) is 41.3 Å². The Labute approximate surface area is 190 Å². The van der Waals surface area contributed by atoms with Crippen LogP contribution in [0, 0.1) is 0 Å². The molecule has 2 aromatic carbocycles. The summed E-state index contributed by atoms with van der Waals surface area (Å²) >= 11 is 0. The Morgan fingerprint density at radius 1 is 1.21 bits per heavy atom. The van der Waals surface area contributed by atoms with Gasteiger partial charge in [-0.3, -0.25) is 4.79 Å². The Kier molecular flexibility index (Phi) is 6.88. The summed E-state index contributed by atoms with van der Waals surface area (Å²) in [6.45, 7) is 0.507. The number of halogens is 2. The minimum absolute atomic E-state index is 0.00422. The number of hydrogen-bond acceptors (Lipinski definition) is 5. The molecular weight excluding hydrogens is 428 g/mol. The molecule has 1 fully saturated rings. The molecule has 4 rings (SSSR count). The van der Waals surface area contributed by atoms with Crippen LogP contribution in [0.2, 0.25) is 0 Å². The van der Waals surface area contributed by atoms with Crippen molar-refractivity contribution in [3.05, 3.63) is 77.9 Å². The number of benzene rings is 2. The number of carbonyl (C=O) groups excluding carboxylic acids is 1. The maximum atomic E-state index is 14.5. The number of nitrogens with one attached hydrogen (secondary N) is 1. The third kappa shape index (κ3) is 5.31. The van der Waals surface area contributed by atoms with Gasteiger partial charge >= 0.3 is 5.92 Å². The number of H-pyrrole nitrogens is 1. The van der Waals surface area contributed by atoms with E-state index in [0.717, 1.165) is 30.0 Å². The lowest BCUT2D eigenvalue weighted by Crippen LogP contribution is -2.34. The molecular formula is C24H25F2N5O2. The first-order chi connectivity index (χ1) is 15.9. The summed E-state index contributed by atoms with van der Waals surface area (Å²) in [6.07, 6.45) is 3.05. The van der Waals surface area contributed by atoms with Crippen LogP contribution in [-0.2, 0) is 17.1 Å². The molecule has 1 amide bonds. The molecule has 0 aliphatic carbocycles. The van der Waals surface area contributed by atoms with E-state index in [4.69, 9.17) is 0 Å². The maximum Gasteiger partial charge on any atom is 0.302 e. The van der Waals surface area contributed by atoms with Gasteiger partial charge < -0.3 is 10.0 Å². The third-order valence-corrected chi connectivity index (χ3v) is 5.83. The molecule has 2 heterocycles. The Morgan fingerprint density at radius 2 is 2.03 bits per heavy atom. The lowest BCUT2D eigenvalue weighted by molar-refractivity contribution is -0.128. The summed E-state index contributed by atoms with van der Waals surface area (Å²) in [6, 6.07) is 14.8. The molecule has 1 aromatic heterocycles. The van der Waals surface area contributed by atoms with Gasteiger partial charge in [0.15, 0.2) is 5.82 Å². The zero-order chi connectivity index (χ0) is 23.3. The van der Waals surface area contributed by atoms with Crippen molar-refractivity contribution in [3.8, 4) is 11.4 Å². The van der Waals surface area contributed by atoms with Crippen molar-refractivity contribution in [2.45, 2.75) is 43.8 Å². The average molecular weight is 453 g/mol. The summed E-state index contributed by atoms with van der Waals surface area (Å²) in [4.78, 5) is 14.1. The van der Waals surface area contributed by atoms with E-state index in [-0.39, 0.29) is 17.5 Å². The highest BCUT2D eigenvalue weighted by molar-refractivity contribution is 5.79. The molecule has 1 unspecified atom stereocenters. The number of aliphatic hydroxyl groups excluding tert-OH is 1. The summed E-state index contributed by atoms with van der Waals surface area (Å²) in [5.41, 5.74) is 1.72. The van der Waals surface area contributed by atoms with Gasteiger partial charge in [0, 0.05) is 24.1 Å². The highest BCUT2D eigenvalue weighted by atomic mass is 19.3. The highest BCUT2D eigenvalue weighted by Gasteiger charge is 2.39. The first-order valence-electron chi connectivity index (χ1n) is 10.9. The summed E-state index contributed by atoms with van der Waals surface area (Å²) in [5.74, 6) is -2.83. The smallest absolute Gasteiger partial charge is 0.302 e. The van der Waals surface area contributed by atoms with E-state index >= 15 is 0 Å². The summed E-state index contributed by atoms with van der Waals surface area (Å²) < 4.78 is 29.1. The largest absolute Gasteiger partial charge is 0.382 e. The van der Waals surface area contributed by atoms with Crippen LogP contribution < -0.4 is 0 Å². The topological polar surface area (TPSA) is 95.0 Å². The van der Waals surface area contributed by atoms with Crippen LogP contribution in [0.4, 0.5) is 8.78 Å². The molecule has 2 atom stereocenters. The fourth-order valence-corrected chi connectivity index (χ4v) is 4.04. The number of likely N-dealkylation sites (tertiary alicyclic amines) is 1. The van der Waals surface area contributed by atoms with Crippen LogP contribution in [0.25, 0.3) is 11.4 Å². The quantitative estimate of drug-likeness (QED) is 0.484. The number of amides is 1. The van der Waals surface area contributed by atoms with Crippen LogP contribution in [0.15, 0.2) is 66.7 Å². The Hall–Kier alpha value is -3.46. The SMILES string of the molecule is O=C1CC[C@H](C=CC(O)C(F)(F)c2ccccc2)N1CCCc1cccc(-c2nnn[nH]2)c1. The molecule has 3 aromatic rings. The van der Waals surface area contributed by atoms with Gasteiger partial charge in [0.2, 0.25) is 5.91 Å². The van der Waals surface area contributed by atoms with E-state index in [1.165, 1.54) is 30.3 Å². The number of nitrogens with zero attached hydrogens (tertiary/aromatic N) is 4. The number of aryl methyl sites for hydroxylation is 1. The number of alkyl halides is 2. The Bertz CT molecular complexity index is 1090. The van der Waals surface area contributed by atoms with Crippen molar-refractivity contribution >= 4 is 5.91 Å². The van der Waals surface area contributed by atoms with Crippen molar-refractivity contribution in [2.24, 2.45) is 0 Å². The molecule has 33 heavy (non-hydrogen) atoms. The van der Waals surface area contributed by atoms with Crippen molar-refractivity contribution < 1.29 is 18.7 Å². The molecule has 2 N–H and O–H groups in total. The minimum atomic E-state index is -3.41. The van der Waals surface area contributed by atoms with Crippen molar-refractivity contribution in [2.75, 3.05) is 6.54 Å². The fourth-order valence-electron chi connectivity index (χ4n) is 4.04. The van der Waals surface area contributed by atoms with Crippen LogP contribution in [-0.4, -0.2) is 55.2 Å². The molecule has 0 bridgehead atoms. The fraction of sp³-hybridized carbons (Fsp3) is 0.333. The van der Waals surface area contributed by atoms with Crippen LogP contribution >= 0.6 is 0 Å². The number of aliphatic hydroxyl groups is 1. The van der Waals surface area contributed by atoms with E-state index in [1.807, 2.05) is 24.3 Å². The van der Waals surface area contributed by atoms with Gasteiger partial charge in [-0.1, -0.05) is 60.7 Å². The molecule has 0 radical (unpaired) electrons. The lowest BCUT2D eigenvalue weighted by Gasteiger charge is -2.24. The molecule has 0 saturated carbocycles. The molecule has 172 valence electrons. The molecule has 9 heteroatoms. The zero-order valence-corrected chi connectivity index (χ0v) is 17.9. The van der Waals surface area contributed by atoms with Crippen LogP contribution in [0.1, 0.15) is 30.4 Å². The zero-order valence-electron chi connectivity index (χ0n) is 17.9. The van der Waals surface area contributed by atoms with Crippen molar-refractivity contribution in [1.29, 1.82) is 0 Å². The van der Waals surface area contributed by atoms with Gasteiger partial charge in [0.25, 0.3) is 0 Å². The van der Waals surface area contributed by atoms with Gasteiger partial charge in [0.1, 0.15) is 6.10 Å². The molecule has 1 aliphatic rings. The molecule has 7 nitrogen and oxygen atoms in total. The molecule has 0 spiro atoms. The van der Waals surface area contributed by atoms with E-state index in [2.05, 4.69) is 20.6 Å². The van der Waals surface area contributed by atoms with E-state index in [0.29, 0.717) is 25.2 Å². The first kappa shape index (κ1) is 22.7. The van der Waals surface area contributed by atoms with Crippen LogP contribution in [0.5, 0.6) is 0 Å². The maximum absolute atomic E-state index is 14.5. The summed E-state index contributed by atoms with van der Waals surface area (Å²) in [7, 11) is 0. The second-order valence-electron chi connectivity index (χ2n) is 8.07. The van der Waals surface area contributed by atoms with Gasteiger partial charge in [-0.15, -0.1) is 5.10 Å². The normalized spacial score (nSPS) is 17.7. The minimum Gasteiger partial charge on any atom is -0.382 e. The summed E-state index contributed by atoms with van der Waals surface area (Å²) in [5, 5.41) is 23.9. The standard InChI is InChI=1S/C24H25F2N5O2/c25-24(26,19-9-2-1-3-10-19)21(32)13-11-20-12-14-22(33)31(20)15-5-7-17-6-4-8-18(16-17)23-27-29-30-28-23/h1-4,6,8-11,13,16,20-21,32H,5,7,12,14-15H2,(H,27,28,29,30)/t20-,21?/m0/s1. The molecule has 1 saturated heterocycles. The highest BCUT2D eigenvalue weighted by Crippen LogP contribution is 2.32. The number of hydrogen-bond donors (Lipinski definition) is 2. The Morgan fingerprint density at radius 3 is 2.79 bits per heavy atom. The van der Waals surface area contributed by atoms with Gasteiger partial charge in [-0.2, -0.15) is 8.78 Å². The second-order valence-corrected chi connectivity index (χ2v) is 8.07. The van der Waals surface area contributed by atoms with E-state index < -0.39 is 12.0 Å². The number of rotatable bonds is 9. The lowest BCUT2D eigenvalue weighted by atomic mass is 10.0. The van der Waals surface area contributed by atoms with Crippen molar-refractivity contribution in [1.82, 2.24) is 25.5 Å². The number of aromatic nitrogens is 4. The number of tetrazole rings is 1. The predicted molar refractivity (Wildman–Crippen MR) is 118 cm³/mol. The third-order valence-electron chi connectivity index (χ3n) is 5.83. The van der Waals surface area contributed by atoms with Crippen molar-refractivity contribution in [3.63, 3.8) is 0 Å². The van der Waals surface area contributed by atoms with Crippen LogP contribution in [0.3, 0.4) is 0 Å². The monoisotopic (exact) mass is 453 g/mol. The van der Waals surface area contributed by atoms with E-state index in [1.54, 1.807) is 11.0 Å². The number of carbonyl (C=O) groups is 1. The second kappa shape index (κ2) is 9.99. The van der Waals surface area contributed by atoms with Gasteiger partial charge in [0.05, 0.1) is 6.04 Å². The number of aromatic amines is 1. The van der Waals surface area contributed by atoms with Gasteiger partial charge in [-0.25, -0.2) is 5.10 Å². The Balaban J connectivity index is 1.35. The molecule has 1 aliphatic heterocycles. The first-order valence-corrected chi connectivity index (χ1v) is 10.9. The predicted octanol–water partition coefficient (Wildman–Crippen LogP) is 3.50. The van der Waals surface area contributed by atoms with E-state index in [9.17, 15) is 18.7 Å². The average Bonchev–Trinajstić information content (AvgIpc) is 3.49.